The molecule has 0 aliphatic carbocycles. The number of hydrogen-bond acceptors (Lipinski definition) is 2. The topological polar surface area (TPSA) is 18.5 Å². The fourth-order valence-electron chi connectivity index (χ4n) is 2.57. The van der Waals surface area contributed by atoms with E-state index in [4.69, 9.17) is 9.47 Å². The number of rotatable bonds is 5. The third-order valence-corrected chi connectivity index (χ3v) is 3.69. The van der Waals surface area contributed by atoms with Crippen LogP contribution in [0.3, 0.4) is 0 Å². The molecule has 1 heterocycles. The molecule has 0 aromatic rings. The first-order valence-electron chi connectivity index (χ1n) is 7.53. The molecule has 2 nitrogen and oxygen atoms in total. The van der Waals surface area contributed by atoms with Gasteiger partial charge in [-0.3, -0.25) is 0 Å². The van der Waals surface area contributed by atoms with Crippen LogP contribution in [0, 0.1) is 17.8 Å². The fourth-order valence-corrected chi connectivity index (χ4v) is 2.57. The van der Waals surface area contributed by atoms with E-state index in [0.717, 1.165) is 19.1 Å². The molecule has 3 unspecified atom stereocenters. The molecule has 0 bridgehead atoms. The highest BCUT2D eigenvalue weighted by Crippen LogP contribution is 2.28. The van der Waals surface area contributed by atoms with Gasteiger partial charge in [-0.2, -0.15) is 0 Å². The summed E-state index contributed by atoms with van der Waals surface area (Å²) in [6.45, 7) is 15.0. The smallest absolute Gasteiger partial charge is 0.0598 e. The average molecular weight is 256 g/mol. The summed E-state index contributed by atoms with van der Waals surface area (Å²) in [5.74, 6) is 2.03. The molecule has 1 rings (SSSR count). The lowest BCUT2D eigenvalue weighted by atomic mass is 9.87. The van der Waals surface area contributed by atoms with Crippen molar-refractivity contribution in [1.29, 1.82) is 0 Å². The second kappa shape index (κ2) is 6.91. The van der Waals surface area contributed by atoms with Gasteiger partial charge in [-0.15, -0.1) is 0 Å². The molecule has 108 valence electrons. The predicted octanol–water partition coefficient (Wildman–Crippen LogP) is 4.28. The van der Waals surface area contributed by atoms with E-state index in [9.17, 15) is 0 Å². The van der Waals surface area contributed by atoms with Gasteiger partial charge < -0.3 is 9.47 Å². The minimum absolute atomic E-state index is 0.0138. The number of ether oxygens (including phenoxy) is 2. The number of hydrogen-bond donors (Lipinski definition) is 0. The summed E-state index contributed by atoms with van der Waals surface area (Å²) < 4.78 is 11.8. The van der Waals surface area contributed by atoms with Crippen molar-refractivity contribution in [2.75, 3.05) is 13.2 Å². The molecule has 0 aromatic heterocycles. The van der Waals surface area contributed by atoms with Crippen LogP contribution in [0.25, 0.3) is 0 Å². The summed E-state index contributed by atoms with van der Waals surface area (Å²) in [7, 11) is 0. The molecule has 18 heavy (non-hydrogen) atoms. The van der Waals surface area contributed by atoms with Crippen molar-refractivity contribution in [2.45, 2.75) is 72.5 Å². The van der Waals surface area contributed by atoms with Crippen LogP contribution < -0.4 is 0 Å². The van der Waals surface area contributed by atoms with Crippen molar-refractivity contribution < 1.29 is 9.47 Å². The Morgan fingerprint density at radius 1 is 1.17 bits per heavy atom. The Kier molecular flexibility index (Phi) is 6.13. The zero-order chi connectivity index (χ0) is 13.8. The van der Waals surface area contributed by atoms with Gasteiger partial charge in [0, 0.05) is 13.2 Å². The molecule has 0 radical (unpaired) electrons. The monoisotopic (exact) mass is 256 g/mol. The highest BCUT2D eigenvalue weighted by Gasteiger charge is 2.25. The molecule has 0 N–H and O–H groups in total. The SMILES string of the molecule is CC(COC(C)(C)C)CC1CCC(C(C)C)OC1. The van der Waals surface area contributed by atoms with Crippen molar-refractivity contribution in [3.05, 3.63) is 0 Å². The largest absolute Gasteiger partial charge is 0.378 e. The van der Waals surface area contributed by atoms with Crippen molar-refractivity contribution in [2.24, 2.45) is 17.8 Å². The van der Waals surface area contributed by atoms with Crippen LogP contribution in [0.15, 0.2) is 0 Å². The maximum atomic E-state index is 5.96. The summed E-state index contributed by atoms with van der Waals surface area (Å²) in [6, 6.07) is 0. The average Bonchev–Trinajstić information content (AvgIpc) is 2.26. The van der Waals surface area contributed by atoms with Crippen LogP contribution in [0.5, 0.6) is 0 Å². The third kappa shape index (κ3) is 6.19. The Hall–Kier alpha value is -0.0800. The van der Waals surface area contributed by atoms with E-state index in [-0.39, 0.29) is 5.60 Å². The summed E-state index contributed by atoms with van der Waals surface area (Å²) in [5.41, 5.74) is -0.0138. The van der Waals surface area contributed by atoms with Gasteiger partial charge >= 0.3 is 0 Å². The van der Waals surface area contributed by atoms with E-state index >= 15 is 0 Å². The van der Waals surface area contributed by atoms with E-state index in [2.05, 4.69) is 41.5 Å². The molecule has 1 saturated heterocycles. The van der Waals surface area contributed by atoms with Gasteiger partial charge in [0.05, 0.1) is 11.7 Å². The Morgan fingerprint density at radius 3 is 2.28 bits per heavy atom. The second-order valence-electron chi connectivity index (χ2n) is 7.32. The molecule has 0 spiro atoms. The standard InChI is InChI=1S/C16H32O2/c1-12(2)15-8-7-14(11-17-15)9-13(3)10-18-16(4,5)6/h12-15H,7-11H2,1-6H3. The third-order valence-electron chi connectivity index (χ3n) is 3.69. The van der Waals surface area contributed by atoms with E-state index in [0.29, 0.717) is 17.9 Å². The quantitative estimate of drug-likeness (QED) is 0.731. The first-order chi connectivity index (χ1) is 8.28. The van der Waals surface area contributed by atoms with Crippen LogP contribution in [0.4, 0.5) is 0 Å². The van der Waals surface area contributed by atoms with Gasteiger partial charge in [0.15, 0.2) is 0 Å². The Morgan fingerprint density at radius 2 is 1.83 bits per heavy atom. The van der Waals surface area contributed by atoms with Crippen molar-refractivity contribution in [1.82, 2.24) is 0 Å². The zero-order valence-electron chi connectivity index (χ0n) is 13.2. The summed E-state index contributed by atoms with van der Waals surface area (Å²) in [5, 5.41) is 0. The lowest BCUT2D eigenvalue weighted by Gasteiger charge is -2.33. The summed E-state index contributed by atoms with van der Waals surface area (Å²) in [6.07, 6.45) is 4.28. The van der Waals surface area contributed by atoms with Crippen molar-refractivity contribution in [3.63, 3.8) is 0 Å². The van der Waals surface area contributed by atoms with Gasteiger partial charge in [-0.05, 0) is 57.8 Å². The van der Waals surface area contributed by atoms with Gasteiger partial charge in [-0.1, -0.05) is 20.8 Å². The van der Waals surface area contributed by atoms with Crippen LogP contribution in [0.2, 0.25) is 0 Å². The maximum absolute atomic E-state index is 5.96. The van der Waals surface area contributed by atoms with E-state index < -0.39 is 0 Å². The molecule has 0 saturated carbocycles. The van der Waals surface area contributed by atoms with Gasteiger partial charge in [0.25, 0.3) is 0 Å². The molecule has 3 atom stereocenters. The molecular weight excluding hydrogens is 224 g/mol. The van der Waals surface area contributed by atoms with Gasteiger partial charge in [0.1, 0.15) is 0 Å². The summed E-state index contributed by atoms with van der Waals surface area (Å²) in [4.78, 5) is 0. The molecule has 0 aromatic carbocycles. The molecule has 1 fully saturated rings. The van der Waals surface area contributed by atoms with Crippen LogP contribution >= 0.6 is 0 Å². The second-order valence-corrected chi connectivity index (χ2v) is 7.32. The van der Waals surface area contributed by atoms with Crippen LogP contribution in [-0.4, -0.2) is 24.9 Å². The van der Waals surface area contributed by atoms with Crippen molar-refractivity contribution in [3.8, 4) is 0 Å². The lowest BCUT2D eigenvalue weighted by molar-refractivity contribution is -0.0550. The molecule has 1 aliphatic rings. The lowest BCUT2D eigenvalue weighted by Crippen LogP contribution is -2.31. The van der Waals surface area contributed by atoms with E-state index in [1.54, 1.807) is 0 Å². The molecule has 1 aliphatic heterocycles. The van der Waals surface area contributed by atoms with Gasteiger partial charge in [-0.25, -0.2) is 0 Å². The van der Waals surface area contributed by atoms with E-state index in [1.807, 2.05) is 0 Å². The highest BCUT2D eigenvalue weighted by atomic mass is 16.5. The molecule has 0 amide bonds. The first kappa shape index (κ1) is 16.0. The van der Waals surface area contributed by atoms with Crippen LogP contribution in [0.1, 0.15) is 60.8 Å². The minimum Gasteiger partial charge on any atom is -0.378 e. The molecular formula is C16H32O2. The highest BCUT2D eigenvalue weighted by molar-refractivity contribution is 4.74. The Bertz CT molecular complexity index is 222. The predicted molar refractivity (Wildman–Crippen MR) is 76.8 cm³/mol. The fraction of sp³-hybridized carbons (Fsp3) is 1.00. The summed E-state index contributed by atoms with van der Waals surface area (Å²) >= 11 is 0. The van der Waals surface area contributed by atoms with Gasteiger partial charge in [0.2, 0.25) is 0 Å². The minimum atomic E-state index is -0.0138. The zero-order valence-corrected chi connectivity index (χ0v) is 13.2. The normalized spacial score (nSPS) is 27.5. The van der Waals surface area contributed by atoms with E-state index in [1.165, 1.54) is 19.3 Å². The Balaban J connectivity index is 2.20. The van der Waals surface area contributed by atoms with Crippen LogP contribution in [-0.2, 0) is 9.47 Å². The first-order valence-corrected chi connectivity index (χ1v) is 7.53. The van der Waals surface area contributed by atoms with Crippen molar-refractivity contribution >= 4 is 0 Å². The Labute approximate surface area is 113 Å². The molecule has 2 heteroatoms. The maximum Gasteiger partial charge on any atom is 0.0598 e.